The summed E-state index contributed by atoms with van der Waals surface area (Å²) in [6.45, 7) is 34.1. The number of imidazole rings is 1. The van der Waals surface area contributed by atoms with Gasteiger partial charge in [0, 0.05) is 83.1 Å². The van der Waals surface area contributed by atoms with Gasteiger partial charge in [0.05, 0.1) is 33.5 Å². The Bertz CT molecular complexity index is 2980. The molecule has 1 unspecified atom stereocenters. The van der Waals surface area contributed by atoms with E-state index in [1.54, 1.807) is 40.6 Å². The topological polar surface area (TPSA) is 201 Å². The number of pyridine rings is 1. The molecule has 82 heavy (non-hydrogen) atoms. The number of aromatic amines is 3. The number of benzene rings is 3. The number of para-hydroxylation sites is 2. The average Bonchev–Trinajstić information content (AvgIpc) is 4.36. The minimum atomic E-state index is 0.436. The lowest BCUT2D eigenvalue weighted by atomic mass is 9.97. The van der Waals surface area contributed by atoms with E-state index in [0.29, 0.717) is 53.4 Å². The molecule has 7 aromatic heterocycles. The lowest BCUT2D eigenvalue weighted by Crippen LogP contribution is -2.25. The predicted molar refractivity (Wildman–Crippen MR) is 343 cm³/mol. The van der Waals surface area contributed by atoms with E-state index in [0.717, 1.165) is 56.9 Å². The molecular weight excluding hydrogens is 1050 g/mol. The second-order valence-electron chi connectivity index (χ2n) is 21.8. The van der Waals surface area contributed by atoms with Gasteiger partial charge in [0.15, 0.2) is 0 Å². The van der Waals surface area contributed by atoms with Crippen LogP contribution in [-0.2, 0) is 0 Å². The zero-order valence-electron chi connectivity index (χ0n) is 51.2. The summed E-state index contributed by atoms with van der Waals surface area (Å²) < 4.78 is 0. The van der Waals surface area contributed by atoms with Crippen molar-refractivity contribution >= 4 is 39.4 Å². The summed E-state index contributed by atoms with van der Waals surface area (Å²) in [4.78, 5) is 28.1. The summed E-state index contributed by atoms with van der Waals surface area (Å²) in [5.41, 5.74) is 14.1. The number of fused-ring (bicyclic) bond motifs is 1. The van der Waals surface area contributed by atoms with E-state index in [9.17, 15) is 0 Å². The average molecular weight is 1140 g/mol. The standard InChI is InChI=1S/C12H16N2.C12H14N2.C10H12N2.C8H11N.C7H10N2.C6H9NS.C5H9N3.C5H8N2S/c2*1-9(2)11-8-12(14-13-11)10-6-4-3-5-7-10;1-7(2)10-11-8-5-3-4-6-9(8)12-10;1-7(2)8-5-3-4-6-9-8;1-6(2)7-8-4-3-5-9-7;1-5(2)6-7-3-4-8-6;1-4(2)5-6-3-7-8-5;1-4(2)5-7-6-3-8-5/h3-7,9,11,13H,8H2,1-2H3;3-9H,1-2H3,(H,13,14);3-7H,1-2H3,(H,11,12);3-7H,1-2H3;3-6H,1-2H3;3-5H,1-2H3;3-4H,1-2H3,(H,6,7,8);3-4H,1-2H3. The summed E-state index contributed by atoms with van der Waals surface area (Å²) in [6.07, 6.45) is 9.77. The van der Waals surface area contributed by atoms with Crippen LogP contribution in [0.15, 0.2) is 162 Å². The van der Waals surface area contributed by atoms with Crippen LogP contribution in [0.1, 0.15) is 203 Å². The van der Waals surface area contributed by atoms with Crippen LogP contribution < -0.4 is 5.43 Å². The molecule has 0 saturated heterocycles. The Balaban J connectivity index is 0.000000204. The Morgan fingerprint density at radius 1 is 0.512 bits per heavy atom. The highest BCUT2D eigenvalue weighted by molar-refractivity contribution is 7.09. The highest BCUT2D eigenvalue weighted by Gasteiger charge is 2.21. The summed E-state index contributed by atoms with van der Waals surface area (Å²) in [6, 6.07) is 39.1. The highest BCUT2D eigenvalue weighted by atomic mass is 32.1. The molecule has 0 spiro atoms. The van der Waals surface area contributed by atoms with Crippen molar-refractivity contribution in [2.24, 2.45) is 11.0 Å². The Hall–Kier alpha value is -7.63. The Kier molecular flexibility index (Phi) is 29.9. The Morgan fingerprint density at radius 3 is 1.55 bits per heavy atom. The number of hydrogen-bond donors (Lipinski definition) is 4. The molecule has 0 aliphatic carbocycles. The molecule has 0 fully saturated rings. The molecule has 17 heteroatoms. The van der Waals surface area contributed by atoms with Crippen molar-refractivity contribution in [1.29, 1.82) is 0 Å². The molecule has 4 N–H and O–H groups in total. The minimum absolute atomic E-state index is 0.436. The summed E-state index contributed by atoms with van der Waals surface area (Å²) in [7, 11) is 0. The van der Waals surface area contributed by atoms with Gasteiger partial charge in [-0.2, -0.15) is 15.3 Å². The normalized spacial score (nSPS) is 12.3. The molecule has 0 bridgehead atoms. The van der Waals surface area contributed by atoms with Crippen LogP contribution in [0.3, 0.4) is 0 Å². The number of hydrazone groups is 1. The SMILES string of the molecule is CC(C)C1CC(c2ccccc2)=NN1.CC(C)c1cc(-c2ccccc2)n[nH]1.CC(C)c1ccccn1.CC(C)c1nc2ccccc2[nH]1.CC(C)c1ncccn1.CC(C)c1nccs1.CC(C)c1ncn[nH]1.CC(C)c1nncs1. The molecule has 11 rings (SSSR count). The van der Waals surface area contributed by atoms with Crippen molar-refractivity contribution in [3.05, 3.63) is 202 Å². The molecule has 1 aliphatic heterocycles. The number of thiazole rings is 1. The van der Waals surface area contributed by atoms with Crippen molar-refractivity contribution in [2.75, 3.05) is 0 Å². The Morgan fingerprint density at radius 2 is 1.13 bits per heavy atom. The van der Waals surface area contributed by atoms with Gasteiger partial charge in [0.1, 0.15) is 34.3 Å². The third-order valence-electron chi connectivity index (χ3n) is 12.1. The van der Waals surface area contributed by atoms with E-state index >= 15 is 0 Å². The lowest BCUT2D eigenvalue weighted by Gasteiger charge is -2.12. The number of H-pyrrole nitrogens is 3. The molecule has 15 nitrogen and oxygen atoms in total. The summed E-state index contributed by atoms with van der Waals surface area (Å²) >= 11 is 3.33. The number of aromatic nitrogens is 13. The van der Waals surface area contributed by atoms with E-state index in [-0.39, 0.29) is 0 Å². The monoisotopic (exact) mass is 1140 g/mol. The predicted octanol–water partition coefficient (Wildman–Crippen LogP) is 17.0. The van der Waals surface area contributed by atoms with E-state index < -0.39 is 0 Å². The maximum atomic E-state index is 4.46. The van der Waals surface area contributed by atoms with E-state index in [2.05, 4.69) is 229 Å². The first kappa shape index (κ1) is 66.9. The van der Waals surface area contributed by atoms with Crippen LogP contribution in [0.2, 0.25) is 0 Å². The number of hydrogen-bond acceptors (Lipinski definition) is 14. The fourth-order valence-corrected chi connectivity index (χ4v) is 8.29. The van der Waals surface area contributed by atoms with Gasteiger partial charge < -0.3 is 10.4 Å². The van der Waals surface area contributed by atoms with E-state index in [1.165, 1.54) is 28.3 Å². The van der Waals surface area contributed by atoms with Gasteiger partial charge in [0.25, 0.3) is 0 Å². The van der Waals surface area contributed by atoms with Gasteiger partial charge in [-0.25, -0.2) is 24.9 Å². The molecule has 0 amide bonds. The quantitative estimate of drug-likeness (QED) is 0.102. The zero-order valence-corrected chi connectivity index (χ0v) is 52.8. The fraction of sp³-hybridized carbons (Fsp3) is 0.400. The maximum Gasteiger partial charge on any atom is 0.137 e. The van der Waals surface area contributed by atoms with Crippen molar-refractivity contribution in [3.8, 4) is 11.3 Å². The zero-order chi connectivity index (χ0) is 59.8. The number of nitrogens with one attached hydrogen (secondary N) is 4. The van der Waals surface area contributed by atoms with Crippen LogP contribution in [0.4, 0.5) is 0 Å². The molecule has 3 aromatic carbocycles. The van der Waals surface area contributed by atoms with Gasteiger partial charge in [-0.15, -0.1) is 32.9 Å². The molecule has 0 saturated carbocycles. The van der Waals surface area contributed by atoms with Crippen molar-refractivity contribution < 1.29 is 0 Å². The maximum absolute atomic E-state index is 4.46. The van der Waals surface area contributed by atoms with Gasteiger partial charge in [-0.3, -0.25) is 15.2 Å². The van der Waals surface area contributed by atoms with Crippen molar-refractivity contribution in [2.45, 2.75) is 165 Å². The van der Waals surface area contributed by atoms with Crippen LogP contribution in [0.5, 0.6) is 0 Å². The first-order valence-electron chi connectivity index (χ1n) is 28.5. The number of nitrogens with zero attached hydrogens (tertiary/aromatic N) is 11. The molecular formula is C65H89N15S2. The van der Waals surface area contributed by atoms with Crippen molar-refractivity contribution in [3.63, 3.8) is 0 Å². The van der Waals surface area contributed by atoms with Gasteiger partial charge >= 0.3 is 0 Å². The van der Waals surface area contributed by atoms with Crippen molar-refractivity contribution in [1.82, 2.24) is 70.9 Å². The molecule has 0 radical (unpaired) electrons. The third-order valence-corrected chi connectivity index (χ3v) is 14.2. The minimum Gasteiger partial charge on any atom is -0.342 e. The first-order valence-corrected chi connectivity index (χ1v) is 30.2. The molecule has 1 atom stereocenters. The van der Waals surface area contributed by atoms with Crippen LogP contribution in [0, 0.1) is 5.92 Å². The van der Waals surface area contributed by atoms with Crippen LogP contribution in [0.25, 0.3) is 22.3 Å². The summed E-state index contributed by atoms with van der Waals surface area (Å²) in [5, 5.41) is 30.1. The van der Waals surface area contributed by atoms with Gasteiger partial charge in [0.2, 0.25) is 0 Å². The van der Waals surface area contributed by atoms with Crippen LogP contribution in [-0.4, -0.2) is 77.2 Å². The molecule has 436 valence electrons. The molecule has 1 aliphatic rings. The van der Waals surface area contributed by atoms with E-state index in [4.69, 9.17) is 0 Å². The molecule has 8 heterocycles. The Labute approximate surface area is 496 Å². The summed E-state index contributed by atoms with van der Waals surface area (Å²) in [5.74, 6) is 7.10. The van der Waals surface area contributed by atoms with Gasteiger partial charge in [-0.1, -0.05) is 190 Å². The third kappa shape index (κ3) is 24.6. The van der Waals surface area contributed by atoms with Gasteiger partial charge in [-0.05, 0) is 59.7 Å². The molecule has 10 aromatic rings. The first-order chi connectivity index (χ1) is 39.3. The number of rotatable bonds is 10. The highest BCUT2D eigenvalue weighted by Crippen LogP contribution is 2.22. The second-order valence-corrected chi connectivity index (χ2v) is 23.6. The largest absolute Gasteiger partial charge is 0.342 e. The fourth-order valence-electron chi connectivity index (χ4n) is 7.07. The lowest BCUT2D eigenvalue weighted by molar-refractivity contribution is 0.442. The van der Waals surface area contributed by atoms with Crippen LogP contribution >= 0.6 is 22.7 Å². The second kappa shape index (κ2) is 36.7. The smallest absolute Gasteiger partial charge is 0.137 e. The van der Waals surface area contributed by atoms with E-state index in [1.807, 2.05) is 90.6 Å².